The van der Waals surface area contributed by atoms with Crippen molar-refractivity contribution >= 4 is 51.0 Å². The molecule has 0 aliphatic carbocycles. The number of fused-ring (bicyclic) bond motifs is 1. The number of hydrogen-bond acceptors (Lipinski definition) is 6. The van der Waals surface area contributed by atoms with Crippen molar-refractivity contribution < 1.29 is 39.5 Å². The minimum Gasteiger partial charge on any atom is -0.372 e. The highest BCUT2D eigenvalue weighted by molar-refractivity contribution is 7.99. The molecular weight excluding hydrogens is 657 g/mol. The summed E-state index contributed by atoms with van der Waals surface area (Å²) in [4.78, 5) is 2.49. The molecule has 4 aromatic carbocycles. The molecule has 0 N–H and O–H groups in total. The number of benzene rings is 4. The van der Waals surface area contributed by atoms with Crippen LogP contribution in [0.5, 0.6) is 0 Å². The van der Waals surface area contributed by atoms with Crippen LogP contribution in [0.2, 0.25) is 0 Å². The van der Waals surface area contributed by atoms with Gasteiger partial charge in [0.2, 0.25) is 0 Å². The van der Waals surface area contributed by atoms with Gasteiger partial charge in [-0.2, -0.15) is 49.7 Å². The van der Waals surface area contributed by atoms with Crippen molar-refractivity contribution in [3.8, 4) is 0 Å². The lowest BCUT2D eigenvalue weighted by molar-refractivity contribution is -0.396. The Bertz CT molecular complexity index is 1700. The number of azo groups is 2. The molecule has 0 aliphatic rings. The normalized spacial score (nSPS) is 13.3. The number of halogens is 9. The van der Waals surface area contributed by atoms with Gasteiger partial charge in [-0.3, -0.25) is 0 Å². The van der Waals surface area contributed by atoms with E-state index in [0.29, 0.717) is 34.5 Å². The highest BCUT2D eigenvalue weighted by Gasteiger charge is 2.81. The fourth-order valence-corrected chi connectivity index (χ4v) is 5.38. The minimum absolute atomic E-state index is 0.272. The third-order valence-corrected chi connectivity index (χ3v) is 8.15. The Hall–Kier alpha value is -4.14. The van der Waals surface area contributed by atoms with E-state index in [1.807, 2.05) is 48.5 Å². The summed E-state index contributed by atoms with van der Waals surface area (Å²) in [6.07, 6.45) is -8.75. The molecule has 15 heteroatoms. The van der Waals surface area contributed by atoms with E-state index in [-0.39, 0.29) is 4.90 Å². The average molecular weight is 686 g/mol. The smallest absolute Gasteiger partial charge is 0.372 e. The highest BCUT2D eigenvalue weighted by Crippen LogP contribution is 2.54. The maximum absolute atomic E-state index is 13.8. The van der Waals surface area contributed by atoms with Crippen molar-refractivity contribution in [2.24, 2.45) is 20.5 Å². The molecule has 4 aromatic rings. The SMILES string of the molecule is CCN(CC)c1ccc(N=Nc2ccc(N=Nc3ccc(SCCC(F)(F)C(F)(F)C(F)(F)C(F)(F)F)cc3)c3ccccc23)cc1. The fraction of sp³-hybridized carbons (Fsp3) is 0.312. The lowest BCUT2D eigenvalue weighted by atomic mass is 10.0. The predicted molar refractivity (Wildman–Crippen MR) is 165 cm³/mol. The Morgan fingerprint density at radius 3 is 1.49 bits per heavy atom. The van der Waals surface area contributed by atoms with Gasteiger partial charge in [0, 0.05) is 46.6 Å². The van der Waals surface area contributed by atoms with E-state index >= 15 is 0 Å². The van der Waals surface area contributed by atoms with Crippen LogP contribution in [0.25, 0.3) is 10.8 Å². The molecule has 0 aliphatic heterocycles. The predicted octanol–water partition coefficient (Wildman–Crippen LogP) is 12.5. The van der Waals surface area contributed by atoms with Gasteiger partial charge in [-0.15, -0.1) is 22.0 Å². The minimum atomic E-state index is -6.89. The standard InChI is InChI=1S/C32H28F9N5S/c1-3-46(4-2)23-13-9-21(10-14-23)42-44-27-17-18-28(26-8-6-5-7-25(26)27)45-43-22-11-15-24(16-12-22)47-20-19-29(33,34)30(35,36)31(37,38)32(39,40)41/h5-18H,3-4,19-20H2,1-2H3. The van der Waals surface area contributed by atoms with E-state index in [0.717, 1.165) is 29.5 Å². The van der Waals surface area contributed by atoms with Gasteiger partial charge in [0.1, 0.15) is 0 Å². The monoisotopic (exact) mass is 685 g/mol. The Morgan fingerprint density at radius 1 is 0.574 bits per heavy atom. The van der Waals surface area contributed by atoms with Crippen molar-refractivity contribution in [1.82, 2.24) is 0 Å². The summed E-state index contributed by atoms with van der Waals surface area (Å²) >= 11 is 0.582. The number of nitrogens with zero attached hydrogens (tertiary/aromatic N) is 5. The molecule has 250 valence electrons. The zero-order valence-electron chi connectivity index (χ0n) is 25.0. The van der Waals surface area contributed by atoms with Crippen molar-refractivity contribution in [3.05, 3.63) is 84.9 Å². The fourth-order valence-electron chi connectivity index (χ4n) is 4.45. The summed E-state index contributed by atoms with van der Waals surface area (Å²) in [6, 6.07) is 24.3. The molecule has 4 rings (SSSR count). The molecule has 47 heavy (non-hydrogen) atoms. The molecule has 0 radical (unpaired) electrons. The lowest BCUT2D eigenvalue weighted by Crippen LogP contribution is -2.60. The Balaban J connectivity index is 1.42. The second kappa shape index (κ2) is 14.3. The summed E-state index contributed by atoms with van der Waals surface area (Å²) in [7, 11) is 0. The van der Waals surface area contributed by atoms with Gasteiger partial charge in [-0.05, 0) is 74.5 Å². The topological polar surface area (TPSA) is 52.7 Å². The van der Waals surface area contributed by atoms with E-state index in [2.05, 4.69) is 39.2 Å². The summed E-state index contributed by atoms with van der Waals surface area (Å²) in [5.41, 5.74) is 3.24. The second-order valence-corrected chi connectivity index (χ2v) is 11.3. The van der Waals surface area contributed by atoms with Crippen molar-refractivity contribution in [1.29, 1.82) is 0 Å². The van der Waals surface area contributed by atoms with E-state index < -0.39 is 36.1 Å². The maximum atomic E-state index is 13.8. The molecule has 0 fully saturated rings. The van der Waals surface area contributed by atoms with Gasteiger partial charge in [-0.25, -0.2) is 0 Å². The Morgan fingerprint density at radius 2 is 1.04 bits per heavy atom. The molecule has 0 amide bonds. The van der Waals surface area contributed by atoms with Gasteiger partial charge in [-0.1, -0.05) is 24.3 Å². The first-order valence-electron chi connectivity index (χ1n) is 14.2. The quantitative estimate of drug-likeness (QED) is 0.0799. The Labute approximate surface area is 268 Å². The lowest BCUT2D eigenvalue weighted by Gasteiger charge is -2.33. The number of alkyl halides is 9. The van der Waals surface area contributed by atoms with Crippen LogP contribution in [-0.2, 0) is 0 Å². The molecule has 0 atom stereocenters. The van der Waals surface area contributed by atoms with Crippen LogP contribution in [0, 0.1) is 0 Å². The first-order chi connectivity index (χ1) is 22.1. The molecule has 0 spiro atoms. The van der Waals surface area contributed by atoms with Crippen LogP contribution < -0.4 is 4.90 Å². The molecule has 0 heterocycles. The molecule has 0 saturated heterocycles. The van der Waals surface area contributed by atoms with Gasteiger partial charge in [0.25, 0.3) is 0 Å². The van der Waals surface area contributed by atoms with E-state index in [1.54, 1.807) is 12.1 Å². The van der Waals surface area contributed by atoms with Crippen LogP contribution in [0.3, 0.4) is 0 Å². The molecule has 0 aromatic heterocycles. The van der Waals surface area contributed by atoms with Crippen LogP contribution in [0.1, 0.15) is 20.3 Å². The van der Waals surface area contributed by atoms with Gasteiger partial charge in [0.05, 0.1) is 22.7 Å². The van der Waals surface area contributed by atoms with Crippen molar-refractivity contribution in [3.63, 3.8) is 0 Å². The number of thioether (sulfide) groups is 1. The Kier molecular flexibility index (Phi) is 10.9. The summed E-state index contributed by atoms with van der Waals surface area (Å²) in [6.45, 7) is 5.95. The van der Waals surface area contributed by atoms with Crippen LogP contribution in [-0.4, -0.2) is 42.8 Å². The zero-order chi connectivity index (χ0) is 34.5. The summed E-state index contributed by atoms with van der Waals surface area (Å²) < 4.78 is 118. The summed E-state index contributed by atoms with van der Waals surface area (Å²) in [5.74, 6) is -20.0. The largest absolute Gasteiger partial charge is 0.460 e. The van der Waals surface area contributed by atoms with Crippen molar-refractivity contribution in [2.45, 2.75) is 49.1 Å². The van der Waals surface area contributed by atoms with Crippen molar-refractivity contribution in [2.75, 3.05) is 23.7 Å². The average Bonchev–Trinajstić information content (AvgIpc) is 3.04. The molecule has 5 nitrogen and oxygen atoms in total. The first kappa shape index (κ1) is 35.7. The number of rotatable bonds is 13. The highest BCUT2D eigenvalue weighted by atomic mass is 32.2. The zero-order valence-corrected chi connectivity index (χ0v) is 25.8. The maximum Gasteiger partial charge on any atom is 0.460 e. The first-order valence-corrected chi connectivity index (χ1v) is 15.2. The third-order valence-electron chi connectivity index (χ3n) is 7.13. The van der Waals surface area contributed by atoms with Crippen LogP contribution in [0.15, 0.2) is 110 Å². The van der Waals surface area contributed by atoms with E-state index in [1.165, 1.54) is 24.3 Å². The van der Waals surface area contributed by atoms with Gasteiger partial charge < -0.3 is 4.90 Å². The molecule has 0 bridgehead atoms. The van der Waals surface area contributed by atoms with E-state index in [4.69, 9.17) is 0 Å². The van der Waals surface area contributed by atoms with Crippen LogP contribution >= 0.6 is 11.8 Å². The van der Waals surface area contributed by atoms with Gasteiger partial charge in [0.15, 0.2) is 0 Å². The van der Waals surface area contributed by atoms with Crippen LogP contribution in [0.4, 0.5) is 68.0 Å². The molecule has 0 unspecified atom stereocenters. The molecule has 0 saturated carbocycles. The number of anilines is 1. The van der Waals surface area contributed by atoms with E-state index in [9.17, 15) is 39.5 Å². The second-order valence-electron chi connectivity index (χ2n) is 10.2. The summed E-state index contributed by atoms with van der Waals surface area (Å²) in [5, 5.41) is 18.8. The third kappa shape index (κ3) is 7.88. The number of hydrogen-bond donors (Lipinski definition) is 0. The van der Waals surface area contributed by atoms with Gasteiger partial charge >= 0.3 is 23.9 Å². The molecular formula is C32H28F9N5S.